The van der Waals surface area contributed by atoms with Crippen molar-refractivity contribution in [3.63, 3.8) is 0 Å². The van der Waals surface area contributed by atoms with E-state index >= 15 is 0 Å². The first-order chi connectivity index (χ1) is 18.4. The Bertz CT molecular complexity index is 1210. The Hall–Kier alpha value is -3.59. The molecule has 0 radical (unpaired) electrons. The number of rotatable bonds is 9. The van der Waals surface area contributed by atoms with Crippen molar-refractivity contribution in [1.29, 1.82) is 0 Å². The Morgan fingerprint density at radius 1 is 0.975 bits per heavy atom. The first-order valence-electron chi connectivity index (χ1n) is 13.1. The number of carbonyl (C=O) groups is 4. The first-order valence-corrected chi connectivity index (χ1v) is 13.5. The number of amides is 4. The highest BCUT2D eigenvalue weighted by Gasteiger charge is 2.42. The molecule has 2 aromatic rings. The number of para-hydroxylation sites is 1. The molecule has 2 aromatic carbocycles. The van der Waals surface area contributed by atoms with E-state index in [0.29, 0.717) is 16.3 Å². The highest BCUT2D eigenvalue weighted by molar-refractivity contribution is 6.34. The zero-order valence-corrected chi connectivity index (χ0v) is 25.3. The van der Waals surface area contributed by atoms with Crippen molar-refractivity contribution in [3.8, 4) is 0 Å². The second-order valence-electron chi connectivity index (χ2n) is 11.8. The lowest BCUT2D eigenvalue weighted by Gasteiger charge is -2.43. The highest BCUT2D eigenvalue weighted by Crippen LogP contribution is 2.33. The van der Waals surface area contributed by atoms with Crippen LogP contribution in [-0.4, -0.2) is 45.9 Å². The molecule has 10 heteroatoms. The van der Waals surface area contributed by atoms with E-state index in [0.717, 1.165) is 11.1 Å². The fraction of sp³-hybridized carbons (Fsp3) is 0.467. The van der Waals surface area contributed by atoms with Crippen LogP contribution in [0, 0.1) is 13.8 Å². The van der Waals surface area contributed by atoms with Crippen LogP contribution in [-0.2, 0) is 19.1 Å². The van der Waals surface area contributed by atoms with Crippen molar-refractivity contribution in [2.45, 2.75) is 91.5 Å². The van der Waals surface area contributed by atoms with Gasteiger partial charge in [-0.25, -0.2) is 4.79 Å². The van der Waals surface area contributed by atoms with E-state index in [4.69, 9.17) is 22.1 Å². The average Bonchev–Trinajstić information content (AvgIpc) is 2.80. The van der Waals surface area contributed by atoms with Crippen LogP contribution < -0.4 is 16.4 Å². The normalized spacial score (nSPS) is 13.1. The Labute approximate surface area is 241 Å². The maximum absolute atomic E-state index is 14.3. The summed E-state index contributed by atoms with van der Waals surface area (Å²) in [6.07, 6.45) is -1.07. The number of alkyl carbamates (subject to hydrolysis) is 1. The molecule has 218 valence electrons. The number of primary amides is 1. The van der Waals surface area contributed by atoms with Gasteiger partial charge in [-0.3, -0.25) is 14.4 Å². The number of anilines is 1. The maximum atomic E-state index is 14.3. The summed E-state index contributed by atoms with van der Waals surface area (Å²) in [5, 5.41) is 5.86. The molecule has 0 aliphatic heterocycles. The molecule has 0 spiro atoms. The molecule has 40 heavy (non-hydrogen) atoms. The predicted molar refractivity (Wildman–Crippen MR) is 157 cm³/mol. The fourth-order valence-corrected chi connectivity index (χ4v) is 4.42. The smallest absolute Gasteiger partial charge is 0.408 e. The van der Waals surface area contributed by atoms with Gasteiger partial charge in [0, 0.05) is 12.0 Å². The van der Waals surface area contributed by atoms with Crippen molar-refractivity contribution in [2.24, 2.45) is 5.73 Å². The minimum Gasteiger partial charge on any atom is -0.444 e. The van der Waals surface area contributed by atoms with Gasteiger partial charge in [0.1, 0.15) is 17.7 Å². The monoisotopic (exact) mass is 572 g/mol. The molecule has 2 atom stereocenters. The van der Waals surface area contributed by atoms with Gasteiger partial charge < -0.3 is 26.0 Å². The number of ether oxygens (including phenoxy) is 1. The third-order valence-corrected chi connectivity index (χ3v) is 6.31. The lowest BCUT2D eigenvalue weighted by atomic mass is 9.94. The molecule has 4 N–H and O–H groups in total. The number of carbonyl (C=O) groups excluding carboxylic acids is 4. The van der Waals surface area contributed by atoms with Crippen LogP contribution in [0.2, 0.25) is 5.02 Å². The largest absolute Gasteiger partial charge is 0.444 e. The summed E-state index contributed by atoms with van der Waals surface area (Å²) in [5.74, 6) is -1.70. The van der Waals surface area contributed by atoms with E-state index < -0.39 is 47.0 Å². The van der Waals surface area contributed by atoms with E-state index in [1.807, 2.05) is 32.0 Å². The van der Waals surface area contributed by atoms with Crippen LogP contribution in [0.5, 0.6) is 0 Å². The van der Waals surface area contributed by atoms with E-state index in [9.17, 15) is 19.2 Å². The number of hydrogen-bond acceptors (Lipinski definition) is 5. The lowest BCUT2D eigenvalue weighted by Crippen LogP contribution is -2.58. The van der Waals surface area contributed by atoms with Crippen LogP contribution in [0.3, 0.4) is 0 Å². The molecule has 0 aliphatic carbocycles. The first kappa shape index (κ1) is 32.6. The van der Waals surface area contributed by atoms with Crippen molar-refractivity contribution >= 4 is 41.1 Å². The number of hydrogen-bond donors (Lipinski definition) is 3. The van der Waals surface area contributed by atoms with E-state index in [1.165, 1.54) is 4.90 Å². The summed E-state index contributed by atoms with van der Waals surface area (Å²) < 4.78 is 5.37. The van der Waals surface area contributed by atoms with Crippen LogP contribution in [0.25, 0.3) is 0 Å². The van der Waals surface area contributed by atoms with E-state index in [1.54, 1.807) is 65.8 Å². The number of nitrogens with one attached hydrogen (secondary N) is 2. The SMILES string of the molecule is Cc1ccc(C(C(=O)Nc2c(C)cccc2Cl)N(C(=O)C(CCC(N)=O)NC(=O)OC(C)(C)C)C(C)(C)C)cc1. The average molecular weight is 573 g/mol. The second kappa shape index (κ2) is 13.2. The van der Waals surface area contributed by atoms with Crippen molar-refractivity contribution < 1.29 is 23.9 Å². The van der Waals surface area contributed by atoms with Crippen molar-refractivity contribution in [2.75, 3.05) is 5.32 Å². The summed E-state index contributed by atoms with van der Waals surface area (Å²) in [7, 11) is 0. The van der Waals surface area contributed by atoms with Gasteiger partial charge in [0.2, 0.25) is 11.8 Å². The standard InChI is InChI=1S/C30H41ClN4O5/c1-18-12-14-20(15-13-18)25(26(37)34-24-19(2)10-9-11-21(24)31)35(29(3,4)5)27(38)22(16-17-23(32)36)33-28(39)40-30(6,7)8/h9-15,22,25H,16-17H2,1-8H3,(H2,32,36)(H,33,39)(H,34,37). The highest BCUT2D eigenvalue weighted by atomic mass is 35.5. The van der Waals surface area contributed by atoms with Gasteiger partial charge in [-0.2, -0.15) is 0 Å². The Morgan fingerprint density at radius 3 is 2.08 bits per heavy atom. The molecule has 0 fully saturated rings. The summed E-state index contributed by atoms with van der Waals surface area (Å²) >= 11 is 6.41. The molecule has 0 aliphatic rings. The van der Waals surface area contributed by atoms with Gasteiger partial charge in [-0.1, -0.05) is 53.6 Å². The topological polar surface area (TPSA) is 131 Å². The maximum Gasteiger partial charge on any atom is 0.408 e. The van der Waals surface area contributed by atoms with Gasteiger partial charge in [-0.05, 0) is 79.0 Å². The molecular formula is C30H41ClN4O5. The molecule has 2 rings (SSSR count). The molecule has 0 saturated heterocycles. The Balaban J connectivity index is 2.62. The second-order valence-corrected chi connectivity index (χ2v) is 12.2. The summed E-state index contributed by atoms with van der Waals surface area (Å²) in [6.45, 7) is 14.2. The van der Waals surface area contributed by atoms with Gasteiger partial charge >= 0.3 is 6.09 Å². The van der Waals surface area contributed by atoms with Gasteiger partial charge in [-0.15, -0.1) is 0 Å². The molecule has 0 heterocycles. The zero-order valence-electron chi connectivity index (χ0n) is 24.6. The lowest BCUT2D eigenvalue weighted by molar-refractivity contribution is -0.147. The zero-order chi connectivity index (χ0) is 30.4. The van der Waals surface area contributed by atoms with Crippen LogP contribution in [0.1, 0.15) is 77.1 Å². The van der Waals surface area contributed by atoms with Gasteiger partial charge in [0.15, 0.2) is 0 Å². The Kier molecular flexibility index (Phi) is 10.7. The molecule has 4 amide bonds. The predicted octanol–water partition coefficient (Wildman–Crippen LogP) is 5.42. The fourth-order valence-electron chi connectivity index (χ4n) is 4.16. The number of aryl methyl sites for hydroxylation is 2. The number of halogens is 1. The third-order valence-electron chi connectivity index (χ3n) is 6.00. The summed E-state index contributed by atoms with van der Waals surface area (Å²) in [4.78, 5) is 54.1. The molecular weight excluding hydrogens is 532 g/mol. The molecule has 9 nitrogen and oxygen atoms in total. The van der Waals surface area contributed by atoms with Crippen molar-refractivity contribution in [1.82, 2.24) is 10.2 Å². The van der Waals surface area contributed by atoms with Gasteiger partial charge in [0.05, 0.1) is 10.7 Å². The molecule has 0 bridgehead atoms. The molecule has 0 aromatic heterocycles. The van der Waals surface area contributed by atoms with Crippen molar-refractivity contribution in [3.05, 3.63) is 64.2 Å². The van der Waals surface area contributed by atoms with Crippen LogP contribution in [0.15, 0.2) is 42.5 Å². The molecule has 2 unspecified atom stereocenters. The minimum absolute atomic E-state index is 0.0775. The number of nitrogens with zero attached hydrogens (tertiary/aromatic N) is 1. The number of nitrogens with two attached hydrogens (primary N) is 1. The van der Waals surface area contributed by atoms with E-state index in [2.05, 4.69) is 10.6 Å². The third kappa shape index (κ3) is 9.26. The minimum atomic E-state index is -1.19. The number of benzene rings is 2. The summed E-state index contributed by atoms with van der Waals surface area (Å²) in [5.41, 5.74) is 6.38. The quantitative estimate of drug-likeness (QED) is 0.369. The van der Waals surface area contributed by atoms with Crippen LogP contribution in [0.4, 0.5) is 10.5 Å². The molecule has 0 saturated carbocycles. The Morgan fingerprint density at radius 2 is 1.57 bits per heavy atom. The van der Waals surface area contributed by atoms with E-state index in [-0.39, 0.29) is 12.8 Å². The van der Waals surface area contributed by atoms with Gasteiger partial charge in [0.25, 0.3) is 5.91 Å². The summed E-state index contributed by atoms with van der Waals surface area (Å²) in [6, 6.07) is 10.2. The van der Waals surface area contributed by atoms with Crippen LogP contribution >= 0.6 is 11.6 Å².